The fraction of sp³-hybridized carbons (Fsp3) is 0.538. The van der Waals surface area contributed by atoms with E-state index in [2.05, 4.69) is 30.2 Å². The van der Waals surface area contributed by atoms with E-state index in [0.717, 1.165) is 19.4 Å². The number of ether oxygens (including phenoxy) is 1. The number of nitrogens with zero attached hydrogens (tertiary/aromatic N) is 6. The summed E-state index contributed by atoms with van der Waals surface area (Å²) in [4.78, 5) is 20.7. The highest BCUT2D eigenvalue weighted by molar-refractivity contribution is 5.91. The highest BCUT2D eigenvalue weighted by Gasteiger charge is 2.51. The van der Waals surface area contributed by atoms with Crippen molar-refractivity contribution < 1.29 is 31.1 Å². The maximum Gasteiger partial charge on any atom is 0.421 e. The number of fused-ring (bicyclic) bond motifs is 3. The Labute approximate surface area is 231 Å². The number of nitrogens with one attached hydrogen (secondary N) is 1. The molecule has 3 saturated heterocycles. The Bertz CT molecular complexity index is 1470. The second-order valence-electron chi connectivity index (χ2n) is 11.0. The van der Waals surface area contributed by atoms with Crippen LogP contribution in [0.15, 0.2) is 18.3 Å². The first-order chi connectivity index (χ1) is 19.4. The zero-order valence-electron chi connectivity index (χ0n) is 22.1. The molecule has 6 rings (SSSR count). The van der Waals surface area contributed by atoms with Crippen molar-refractivity contribution in [2.75, 3.05) is 43.9 Å². The normalized spacial score (nSPS) is 25.0. The van der Waals surface area contributed by atoms with Gasteiger partial charge in [0.1, 0.15) is 35.3 Å². The smallest absolute Gasteiger partial charge is 0.421 e. The molecule has 9 nitrogen and oxygen atoms in total. The van der Waals surface area contributed by atoms with Gasteiger partial charge in [-0.05, 0) is 45.3 Å². The Morgan fingerprint density at radius 3 is 2.71 bits per heavy atom. The van der Waals surface area contributed by atoms with Gasteiger partial charge in [-0.1, -0.05) is 0 Å². The van der Waals surface area contributed by atoms with Crippen LogP contribution in [0.1, 0.15) is 31.2 Å². The average molecular weight is 583 g/mol. The lowest BCUT2D eigenvalue weighted by molar-refractivity contribution is -0.139. The van der Waals surface area contributed by atoms with E-state index < -0.39 is 41.0 Å². The van der Waals surface area contributed by atoms with Crippen LogP contribution in [0, 0.1) is 5.82 Å². The minimum Gasteiger partial charge on any atom is -0.462 e. The van der Waals surface area contributed by atoms with Crippen molar-refractivity contribution in [3.8, 4) is 17.4 Å². The molecule has 3 unspecified atom stereocenters. The minimum atomic E-state index is -5.07. The summed E-state index contributed by atoms with van der Waals surface area (Å²) in [5.41, 5.74) is 1.60. The number of piperazine rings is 1. The molecule has 3 aromatic heterocycles. The van der Waals surface area contributed by atoms with Crippen LogP contribution in [0.4, 0.5) is 38.0 Å². The van der Waals surface area contributed by atoms with Gasteiger partial charge < -0.3 is 25.6 Å². The Balaban J connectivity index is 1.45. The van der Waals surface area contributed by atoms with Crippen molar-refractivity contribution in [1.29, 1.82) is 0 Å². The number of nitrogen functional groups attached to an aromatic ring is 1. The van der Waals surface area contributed by atoms with E-state index in [4.69, 9.17) is 10.5 Å². The molecule has 220 valence electrons. The predicted molar refractivity (Wildman–Crippen MR) is 138 cm³/mol. The zero-order valence-corrected chi connectivity index (χ0v) is 22.1. The maximum absolute atomic E-state index is 14.4. The molecule has 0 amide bonds. The zero-order chi connectivity index (χ0) is 29.1. The predicted octanol–water partition coefficient (Wildman–Crippen LogP) is 3.88. The van der Waals surface area contributed by atoms with E-state index in [1.165, 1.54) is 12.3 Å². The first-order valence-electron chi connectivity index (χ1n) is 13.3. The topological polar surface area (TPSA) is 105 Å². The summed E-state index contributed by atoms with van der Waals surface area (Å²) in [6.07, 6.45) is -3.67. The standard InChI is InChI=1S/C26H28F6N8O/c1-39-6-2-3-14(39)11-41-24-35-17-8-18(21-20(26(30,31)32)16(27)7-19(33)36-21)34-9-15(17)22(37-24)40-10-13-4-5-25(12-40,38-13)23(28)29/h7-9,13-14,23,38H,2-6,10-12H2,1H3,(H2,33,36). The van der Waals surface area contributed by atoms with Gasteiger partial charge >= 0.3 is 12.2 Å². The third-order valence-corrected chi connectivity index (χ3v) is 8.20. The first kappa shape index (κ1) is 27.7. The number of aromatic nitrogens is 4. The Morgan fingerprint density at radius 2 is 2.00 bits per heavy atom. The highest BCUT2D eigenvalue weighted by Crippen LogP contribution is 2.41. The van der Waals surface area contributed by atoms with Crippen molar-refractivity contribution in [3.05, 3.63) is 29.7 Å². The SMILES string of the molecule is CN1CCCC1COc1nc(N2CC3CCC(C(F)F)(C2)N3)c2cnc(-c3nc(N)cc(F)c3C(F)(F)F)cc2n1. The molecule has 15 heteroatoms. The molecular formula is C26H28F6N8O. The second kappa shape index (κ2) is 10.1. The van der Waals surface area contributed by atoms with E-state index in [1.54, 1.807) is 4.90 Å². The van der Waals surface area contributed by atoms with Gasteiger partial charge in [0.25, 0.3) is 6.43 Å². The molecule has 3 N–H and O–H groups in total. The van der Waals surface area contributed by atoms with Gasteiger partial charge in [-0.25, -0.2) is 18.2 Å². The van der Waals surface area contributed by atoms with Crippen LogP contribution >= 0.6 is 0 Å². The van der Waals surface area contributed by atoms with Gasteiger partial charge in [0, 0.05) is 37.4 Å². The lowest BCUT2D eigenvalue weighted by Crippen LogP contribution is -2.63. The molecule has 0 aromatic carbocycles. The summed E-state index contributed by atoms with van der Waals surface area (Å²) in [5, 5.41) is 3.37. The molecule has 3 fully saturated rings. The van der Waals surface area contributed by atoms with Gasteiger partial charge in [0.05, 0.1) is 22.1 Å². The molecule has 0 saturated carbocycles. The van der Waals surface area contributed by atoms with Crippen molar-refractivity contribution in [2.24, 2.45) is 0 Å². The molecule has 3 aliphatic heterocycles. The molecule has 0 spiro atoms. The quantitative estimate of drug-likeness (QED) is 0.419. The number of likely N-dealkylation sites (tertiary alicyclic amines) is 1. The number of anilines is 2. The van der Waals surface area contributed by atoms with Crippen LogP contribution in [-0.4, -0.2) is 82.2 Å². The maximum atomic E-state index is 14.4. The lowest BCUT2D eigenvalue weighted by atomic mass is 9.97. The Hall–Kier alpha value is -3.46. The molecule has 3 atom stereocenters. The van der Waals surface area contributed by atoms with Crippen LogP contribution in [0.25, 0.3) is 22.3 Å². The molecule has 2 bridgehead atoms. The summed E-state index contributed by atoms with van der Waals surface area (Å²) in [7, 11) is 1.97. The molecule has 41 heavy (non-hydrogen) atoms. The van der Waals surface area contributed by atoms with E-state index in [-0.39, 0.29) is 48.3 Å². The summed E-state index contributed by atoms with van der Waals surface area (Å²) >= 11 is 0. The lowest BCUT2D eigenvalue weighted by Gasteiger charge is -2.41. The highest BCUT2D eigenvalue weighted by atomic mass is 19.4. The Morgan fingerprint density at radius 1 is 1.20 bits per heavy atom. The van der Waals surface area contributed by atoms with Crippen LogP contribution in [0.5, 0.6) is 6.01 Å². The number of rotatable bonds is 6. The van der Waals surface area contributed by atoms with Crippen LogP contribution in [0.2, 0.25) is 0 Å². The van der Waals surface area contributed by atoms with Gasteiger partial charge in [-0.3, -0.25) is 4.98 Å². The van der Waals surface area contributed by atoms with E-state index in [9.17, 15) is 26.3 Å². The summed E-state index contributed by atoms with van der Waals surface area (Å²) in [6, 6.07) is 1.60. The van der Waals surface area contributed by atoms with Crippen LogP contribution in [0.3, 0.4) is 0 Å². The number of nitrogens with two attached hydrogens (primary N) is 1. The first-order valence-corrected chi connectivity index (χ1v) is 13.3. The van der Waals surface area contributed by atoms with Crippen molar-refractivity contribution in [2.45, 2.75) is 55.9 Å². The van der Waals surface area contributed by atoms with Crippen molar-refractivity contribution in [1.82, 2.24) is 30.2 Å². The third kappa shape index (κ3) is 5.09. The average Bonchev–Trinajstić information content (AvgIpc) is 3.46. The molecule has 0 radical (unpaired) electrons. The summed E-state index contributed by atoms with van der Waals surface area (Å²) < 4.78 is 90.1. The largest absolute Gasteiger partial charge is 0.462 e. The molecule has 3 aromatic rings. The molecule has 6 heterocycles. The monoisotopic (exact) mass is 582 g/mol. The van der Waals surface area contributed by atoms with E-state index >= 15 is 0 Å². The number of pyridine rings is 2. The number of hydrogen-bond acceptors (Lipinski definition) is 9. The third-order valence-electron chi connectivity index (χ3n) is 8.20. The fourth-order valence-corrected chi connectivity index (χ4v) is 6.09. The number of likely N-dealkylation sites (N-methyl/N-ethyl adjacent to an activating group) is 1. The van der Waals surface area contributed by atoms with Crippen LogP contribution in [-0.2, 0) is 6.18 Å². The van der Waals surface area contributed by atoms with E-state index in [0.29, 0.717) is 30.8 Å². The van der Waals surface area contributed by atoms with E-state index in [1.807, 2.05) is 7.05 Å². The molecular weight excluding hydrogens is 554 g/mol. The second-order valence-corrected chi connectivity index (χ2v) is 11.0. The number of hydrogen-bond donors (Lipinski definition) is 2. The van der Waals surface area contributed by atoms with Gasteiger partial charge in [-0.2, -0.15) is 23.1 Å². The van der Waals surface area contributed by atoms with Gasteiger partial charge in [0.15, 0.2) is 0 Å². The minimum absolute atomic E-state index is 0.0416. The van der Waals surface area contributed by atoms with Crippen molar-refractivity contribution >= 4 is 22.5 Å². The fourth-order valence-electron chi connectivity index (χ4n) is 6.09. The van der Waals surface area contributed by atoms with Gasteiger partial charge in [-0.15, -0.1) is 0 Å². The molecule has 3 aliphatic rings. The number of alkyl halides is 5. The summed E-state index contributed by atoms with van der Waals surface area (Å²) in [6.45, 7) is 1.52. The van der Waals surface area contributed by atoms with Crippen LogP contribution < -0.4 is 20.7 Å². The van der Waals surface area contributed by atoms with Gasteiger partial charge in [0.2, 0.25) is 0 Å². The number of halogens is 6. The molecule has 0 aliphatic carbocycles. The Kier molecular flexibility index (Phi) is 6.83. The summed E-state index contributed by atoms with van der Waals surface area (Å²) in [5.74, 6) is -1.75. The van der Waals surface area contributed by atoms with Crippen molar-refractivity contribution in [3.63, 3.8) is 0 Å².